The molecule has 0 bridgehead atoms. The summed E-state index contributed by atoms with van der Waals surface area (Å²) in [6.07, 6.45) is -12.7. The number of aliphatic hydroxyl groups excluding tert-OH is 1. The summed E-state index contributed by atoms with van der Waals surface area (Å²) >= 11 is 0. The topological polar surface area (TPSA) is 89.9 Å². The van der Waals surface area contributed by atoms with Gasteiger partial charge in [0, 0.05) is 0 Å². The van der Waals surface area contributed by atoms with E-state index in [1.165, 1.54) is 6.92 Å². The van der Waals surface area contributed by atoms with Gasteiger partial charge < -0.3 is 14.6 Å². The molecule has 1 atom stereocenters. The Morgan fingerprint density at radius 2 is 1.33 bits per heavy atom. The molecule has 0 radical (unpaired) electrons. The highest BCUT2D eigenvalue weighted by atomic mass is 19.4. The van der Waals surface area contributed by atoms with E-state index in [1.54, 1.807) is 6.92 Å². The molecule has 2 aliphatic rings. The summed E-state index contributed by atoms with van der Waals surface area (Å²) in [6.45, 7) is 3.25. The Kier molecular flexibility index (Phi) is 8.31. The SMILES string of the molecule is CCOC(=O)CC(=O)C1(C(F)(F)F)CC1.CCOC(=O)CC(O)C1(C(F)(F)F)CC1. The second kappa shape index (κ2) is 9.52. The van der Waals surface area contributed by atoms with E-state index in [1.807, 2.05) is 0 Å². The third-order valence-electron chi connectivity index (χ3n) is 5.09. The smallest absolute Gasteiger partial charge is 0.401 e. The molecule has 30 heavy (non-hydrogen) atoms. The highest BCUT2D eigenvalue weighted by Crippen LogP contribution is 2.60. The summed E-state index contributed by atoms with van der Waals surface area (Å²) in [7, 11) is 0. The zero-order chi connectivity index (χ0) is 23.4. The van der Waals surface area contributed by atoms with Crippen molar-refractivity contribution in [2.24, 2.45) is 10.8 Å². The molecule has 1 N–H and O–H groups in total. The fourth-order valence-corrected chi connectivity index (χ4v) is 2.87. The van der Waals surface area contributed by atoms with Gasteiger partial charge in [0.2, 0.25) is 0 Å². The van der Waals surface area contributed by atoms with Crippen LogP contribution in [0.25, 0.3) is 0 Å². The molecule has 0 aromatic carbocycles. The van der Waals surface area contributed by atoms with Crippen molar-refractivity contribution < 1.29 is 55.3 Å². The summed E-state index contributed by atoms with van der Waals surface area (Å²) in [5, 5.41) is 9.35. The molecular weight excluding hydrogens is 426 g/mol. The molecule has 0 aromatic rings. The molecule has 12 heteroatoms. The van der Waals surface area contributed by atoms with Gasteiger partial charge >= 0.3 is 24.3 Å². The molecule has 174 valence electrons. The maximum Gasteiger partial charge on any atom is 0.401 e. The Bertz CT molecular complexity index is 634. The third-order valence-corrected chi connectivity index (χ3v) is 5.09. The van der Waals surface area contributed by atoms with Crippen LogP contribution in [0.4, 0.5) is 26.3 Å². The maximum atomic E-state index is 12.5. The van der Waals surface area contributed by atoms with Crippen LogP contribution >= 0.6 is 0 Å². The number of carbonyl (C=O) groups excluding carboxylic acids is 3. The van der Waals surface area contributed by atoms with Gasteiger partial charge in [-0.05, 0) is 39.5 Å². The fraction of sp³-hybridized carbons (Fsp3) is 0.833. The summed E-state index contributed by atoms with van der Waals surface area (Å²) in [5.74, 6) is -2.76. The van der Waals surface area contributed by atoms with Crippen LogP contribution in [0.3, 0.4) is 0 Å². The molecule has 6 nitrogen and oxygen atoms in total. The van der Waals surface area contributed by atoms with Crippen LogP contribution in [0.15, 0.2) is 0 Å². The van der Waals surface area contributed by atoms with Crippen LogP contribution < -0.4 is 0 Å². The minimum absolute atomic E-state index is 0.0606. The number of ether oxygens (including phenoxy) is 2. The summed E-state index contributed by atoms with van der Waals surface area (Å²) < 4.78 is 83.5. The molecule has 2 rings (SSSR count). The van der Waals surface area contributed by atoms with Gasteiger partial charge in [0.1, 0.15) is 11.8 Å². The predicted octanol–water partition coefficient (Wildman–Crippen LogP) is 3.49. The molecule has 2 fully saturated rings. The number of rotatable bonds is 8. The van der Waals surface area contributed by atoms with E-state index in [9.17, 15) is 45.8 Å². The van der Waals surface area contributed by atoms with Crippen molar-refractivity contribution in [3.05, 3.63) is 0 Å². The van der Waals surface area contributed by atoms with Crippen molar-refractivity contribution in [2.45, 2.75) is 70.8 Å². The van der Waals surface area contributed by atoms with E-state index in [4.69, 9.17) is 0 Å². The first kappa shape index (κ1) is 26.2. The van der Waals surface area contributed by atoms with Crippen molar-refractivity contribution >= 4 is 17.7 Å². The van der Waals surface area contributed by atoms with Crippen molar-refractivity contribution in [2.75, 3.05) is 13.2 Å². The van der Waals surface area contributed by atoms with E-state index in [0.29, 0.717) is 0 Å². The Morgan fingerprint density at radius 3 is 1.67 bits per heavy atom. The minimum Gasteiger partial charge on any atom is -0.466 e. The summed E-state index contributed by atoms with van der Waals surface area (Å²) in [5.41, 5.74) is -4.33. The Hall–Kier alpha value is -1.85. The lowest BCUT2D eigenvalue weighted by molar-refractivity contribution is -0.216. The Balaban J connectivity index is 0.000000300. The number of hydrogen-bond acceptors (Lipinski definition) is 6. The second-order valence-electron chi connectivity index (χ2n) is 7.16. The second-order valence-corrected chi connectivity index (χ2v) is 7.16. The van der Waals surface area contributed by atoms with Gasteiger partial charge in [-0.3, -0.25) is 14.4 Å². The molecule has 2 aliphatic carbocycles. The number of halogens is 6. The van der Waals surface area contributed by atoms with Crippen LogP contribution in [0.5, 0.6) is 0 Å². The highest BCUT2D eigenvalue weighted by molar-refractivity contribution is 6.00. The lowest BCUT2D eigenvalue weighted by Gasteiger charge is -2.24. The van der Waals surface area contributed by atoms with Crippen molar-refractivity contribution in [1.82, 2.24) is 0 Å². The zero-order valence-corrected chi connectivity index (χ0v) is 16.5. The molecular formula is C18H24F6O6. The monoisotopic (exact) mass is 450 g/mol. The number of aliphatic hydroxyl groups is 1. The minimum atomic E-state index is -4.55. The molecule has 0 amide bonds. The fourth-order valence-electron chi connectivity index (χ4n) is 2.87. The number of alkyl halides is 6. The number of esters is 2. The van der Waals surface area contributed by atoms with Crippen LogP contribution in [-0.4, -0.2) is 54.5 Å². The number of hydrogen-bond donors (Lipinski definition) is 1. The number of Topliss-reactive ketones (excluding diaryl/α,β-unsaturated/α-hetero) is 1. The average molecular weight is 450 g/mol. The number of carbonyl (C=O) groups is 3. The molecule has 2 saturated carbocycles. The van der Waals surface area contributed by atoms with Crippen LogP contribution in [0, 0.1) is 10.8 Å². The van der Waals surface area contributed by atoms with Crippen molar-refractivity contribution in [1.29, 1.82) is 0 Å². The van der Waals surface area contributed by atoms with E-state index in [-0.39, 0.29) is 38.9 Å². The average Bonchev–Trinajstić information content (AvgIpc) is 3.45. The van der Waals surface area contributed by atoms with Crippen LogP contribution in [0.1, 0.15) is 52.4 Å². The van der Waals surface area contributed by atoms with Crippen molar-refractivity contribution in [3.8, 4) is 0 Å². The first-order valence-corrected chi connectivity index (χ1v) is 9.33. The Morgan fingerprint density at radius 1 is 0.867 bits per heavy atom. The lowest BCUT2D eigenvalue weighted by atomic mass is 9.96. The maximum absolute atomic E-state index is 12.5. The molecule has 0 heterocycles. The molecule has 0 aliphatic heterocycles. The van der Waals surface area contributed by atoms with Gasteiger partial charge in [0.15, 0.2) is 5.78 Å². The largest absolute Gasteiger partial charge is 0.466 e. The van der Waals surface area contributed by atoms with Crippen LogP contribution in [0.2, 0.25) is 0 Å². The standard InChI is InChI=1S/C9H13F3O3.C9H11F3O3/c2*1-2-15-7(14)5-6(13)8(3-4-8)9(10,11)12/h6,13H,2-5H2,1H3;2-5H2,1H3. The summed E-state index contributed by atoms with van der Waals surface area (Å²) in [6, 6.07) is 0. The number of ketones is 1. The van der Waals surface area contributed by atoms with Gasteiger partial charge in [-0.1, -0.05) is 0 Å². The van der Waals surface area contributed by atoms with Gasteiger partial charge in [-0.15, -0.1) is 0 Å². The first-order valence-electron chi connectivity index (χ1n) is 9.33. The van der Waals surface area contributed by atoms with Gasteiger partial charge in [0.05, 0.1) is 31.2 Å². The third kappa shape index (κ3) is 6.08. The van der Waals surface area contributed by atoms with E-state index in [2.05, 4.69) is 9.47 Å². The zero-order valence-electron chi connectivity index (χ0n) is 16.5. The summed E-state index contributed by atoms with van der Waals surface area (Å²) in [4.78, 5) is 33.0. The normalized spacial score (nSPS) is 19.6. The van der Waals surface area contributed by atoms with E-state index < -0.39 is 59.9 Å². The van der Waals surface area contributed by atoms with Crippen LogP contribution in [-0.2, 0) is 23.9 Å². The highest BCUT2D eigenvalue weighted by Gasteiger charge is 2.68. The Labute approximate surface area is 168 Å². The van der Waals surface area contributed by atoms with Crippen molar-refractivity contribution in [3.63, 3.8) is 0 Å². The first-order chi connectivity index (χ1) is 13.7. The van der Waals surface area contributed by atoms with Gasteiger partial charge in [-0.2, -0.15) is 26.3 Å². The molecule has 0 saturated heterocycles. The van der Waals surface area contributed by atoms with Gasteiger partial charge in [0.25, 0.3) is 0 Å². The quantitative estimate of drug-likeness (QED) is 0.346. The van der Waals surface area contributed by atoms with Gasteiger partial charge in [-0.25, -0.2) is 0 Å². The van der Waals surface area contributed by atoms with E-state index >= 15 is 0 Å². The lowest BCUT2D eigenvalue weighted by Crippen LogP contribution is -2.37. The predicted molar refractivity (Wildman–Crippen MR) is 89.0 cm³/mol. The molecule has 0 spiro atoms. The molecule has 0 aromatic heterocycles. The molecule has 1 unspecified atom stereocenters. The van der Waals surface area contributed by atoms with E-state index in [0.717, 1.165) is 0 Å².